The molecule has 0 atom stereocenters. The van der Waals surface area contributed by atoms with Crippen molar-refractivity contribution in [3.63, 3.8) is 0 Å². The van der Waals surface area contributed by atoms with Crippen molar-refractivity contribution in [2.45, 2.75) is 5.41 Å². The summed E-state index contributed by atoms with van der Waals surface area (Å²) in [4.78, 5) is 0. The lowest BCUT2D eigenvalue weighted by Crippen LogP contribution is -2.27. The number of hydrogen-bond acceptors (Lipinski definition) is 0. The molecule has 0 fully saturated rings. The highest BCUT2D eigenvalue weighted by Gasteiger charge is 2.51. The van der Waals surface area contributed by atoms with Crippen molar-refractivity contribution >= 4 is 0 Å². The first kappa shape index (κ1) is 17.1. The predicted octanol–water partition coefficient (Wildman–Crippen LogP) is 6.86. The summed E-state index contributed by atoms with van der Waals surface area (Å²) in [5.41, 5.74) is 9.24. The van der Waals surface area contributed by atoms with Crippen molar-refractivity contribution in [3.8, 4) is 11.1 Å². The summed E-state index contributed by atoms with van der Waals surface area (Å²) in [5, 5.41) is 0. The van der Waals surface area contributed by atoms with Gasteiger partial charge in [-0.25, -0.2) is 0 Å². The Balaban J connectivity index is 2.24. The summed E-state index contributed by atoms with van der Waals surface area (Å²) in [6.07, 6.45) is 11.8. The van der Waals surface area contributed by atoms with E-state index in [0.717, 1.165) is 16.7 Å². The standard InChI is InChI=1S/C27H22/c1-5-9-16-24-20(7-3)19(6-2)23(8-4)27(24)25-17-12-10-14-21(25)22-15-11-13-18-26(22)27/h5-18H,1-4H2/b16-9-. The molecule has 0 amide bonds. The molecule has 0 saturated heterocycles. The van der Waals surface area contributed by atoms with Crippen LogP contribution in [0.3, 0.4) is 0 Å². The van der Waals surface area contributed by atoms with Crippen molar-refractivity contribution in [3.05, 3.63) is 145 Å². The van der Waals surface area contributed by atoms with Gasteiger partial charge in [-0.15, -0.1) is 0 Å². The fourth-order valence-electron chi connectivity index (χ4n) is 4.74. The topological polar surface area (TPSA) is 0 Å². The molecule has 0 heteroatoms. The Labute approximate surface area is 161 Å². The average Bonchev–Trinajstić information content (AvgIpc) is 3.17. The first-order valence-corrected chi connectivity index (χ1v) is 9.11. The Hall–Kier alpha value is -3.38. The van der Waals surface area contributed by atoms with Crippen LogP contribution in [0.1, 0.15) is 11.1 Å². The smallest absolute Gasteiger partial charge is 0.0725 e. The maximum Gasteiger partial charge on any atom is 0.0725 e. The van der Waals surface area contributed by atoms with E-state index in [9.17, 15) is 0 Å². The zero-order chi connectivity index (χ0) is 19.0. The second kappa shape index (κ2) is 6.41. The van der Waals surface area contributed by atoms with Crippen molar-refractivity contribution in [1.29, 1.82) is 0 Å². The fraction of sp³-hybridized carbons (Fsp3) is 0.0370. The third kappa shape index (κ3) is 2.04. The van der Waals surface area contributed by atoms with Crippen molar-refractivity contribution in [1.82, 2.24) is 0 Å². The second-order valence-corrected chi connectivity index (χ2v) is 6.70. The monoisotopic (exact) mass is 346 g/mol. The summed E-state index contributed by atoms with van der Waals surface area (Å²) in [6, 6.07) is 17.3. The molecule has 2 aliphatic rings. The largest absolute Gasteiger partial charge is 0.0991 e. The van der Waals surface area contributed by atoms with Crippen LogP contribution in [0.4, 0.5) is 0 Å². The first-order chi connectivity index (χ1) is 13.2. The van der Waals surface area contributed by atoms with E-state index in [1.807, 2.05) is 30.4 Å². The van der Waals surface area contributed by atoms with Crippen molar-refractivity contribution in [2.24, 2.45) is 0 Å². The van der Waals surface area contributed by atoms with Gasteiger partial charge in [0.25, 0.3) is 0 Å². The van der Waals surface area contributed by atoms with Crippen molar-refractivity contribution in [2.75, 3.05) is 0 Å². The normalized spacial score (nSPS) is 16.6. The lowest BCUT2D eigenvalue weighted by atomic mass is 9.68. The van der Waals surface area contributed by atoms with E-state index < -0.39 is 5.41 Å². The number of hydrogen-bond donors (Lipinski definition) is 0. The lowest BCUT2D eigenvalue weighted by molar-refractivity contribution is 0.779. The molecule has 2 aromatic rings. The van der Waals surface area contributed by atoms with Gasteiger partial charge in [0.1, 0.15) is 0 Å². The van der Waals surface area contributed by atoms with Gasteiger partial charge in [0.15, 0.2) is 0 Å². The van der Waals surface area contributed by atoms with Crippen LogP contribution in [0.15, 0.2) is 134 Å². The Morgan fingerprint density at radius 2 is 1.15 bits per heavy atom. The molecular weight excluding hydrogens is 324 g/mol. The van der Waals surface area contributed by atoms with E-state index in [-0.39, 0.29) is 0 Å². The maximum absolute atomic E-state index is 4.18. The molecule has 4 rings (SSSR count). The van der Waals surface area contributed by atoms with E-state index in [1.165, 1.54) is 27.8 Å². The van der Waals surface area contributed by atoms with Gasteiger partial charge in [-0.1, -0.05) is 111 Å². The van der Waals surface area contributed by atoms with Gasteiger partial charge in [-0.2, -0.15) is 0 Å². The van der Waals surface area contributed by atoms with Gasteiger partial charge in [0.2, 0.25) is 0 Å². The minimum atomic E-state index is -0.401. The van der Waals surface area contributed by atoms with Crippen molar-refractivity contribution < 1.29 is 0 Å². The summed E-state index contributed by atoms with van der Waals surface area (Å²) >= 11 is 0. The number of benzene rings is 2. The molecule has 0 radical (unpaired) electrons. The van der Waals surface area contributed by atoms with E-state index in [4.69, 9.17) is 0 Å². The molecule has 130 valence electrons. The zero-order valence-corrected chi connectivity index (χ0v) is 15.4. The molecule has 0 N–H and O–H groups in total. The molecule has 0 aromatic heterocycles. The Morgan fingerprint density at radius 3 is 1.63 bits per heavy atom. The molecule has 0 bridgehead atoms. The molecule has 2 aliphatic carbocycles. The Morgan fingerprint density at radius 1 is 0.630 bits per heavy atom. The highest BCUT2D eigenvalue weighted by atomic mass is 14.5. The third-order valence-electron chi connectivity index (χ3n) is 5.64. The van der Waals surface area contributed by atoms with Crippen LogP contribution < -0.4 is 0 Å². The molecular formula is C27H22. The van der Waals surface area contributed by atoms with Crippen LogP contribution in [0.2, 0.25) is 0 Å². The minimum Gasteiger partial charge on any atom is -0.0991 e. The van der Waals surface area contributed by atoms with Crippen LogP contribution in [0, 0.1) is 0 Å². The van der Waals surface area contributed by atoms with Gasteiger partial charge >= 0.3 is 0 Å². The number of fused-ring (bicyclic) bond motifs is 5. The third-order valence-corrected chi connectivity index (χ3v) is 5.64. The fourth-order valence-corrected chi connectivity index (χ4v) is 4.74. The summed E-state index contributed by atoms with van der Waals surface area (Å²) in [5.74, 6) is 0. The van der Waals surface area contributed by atoms with Gasteiger partial charge in [-0.3, -0.25) is 0 Å². The zero-order valence-electron chi connectivity index (χ0n) is 15.4. The summed E-state index contributed by atoms with van der Waals surface area (Å²) in [7, 11) is 0. The molecule has 1 spiro atoms. The Bertz CT molecular complexity index is 1040. The molecule has 0 saturated carbocycles. The molecule has 0 unspecified atom stereocenters. The van der Waals surface area contributed by atoms with Crippen LogP contribution in [-0.2, 0) is 5.41 Å². The van der Waals surface area contributed by atoms with E-state index in [2.05, 4.69) is 80.9 Å². The molecule has 0 heterocycles. The highest BCUT2D eigenvalue weighted by Crippen LogP contribution is 2.61. The lowest BCUT2D eigenvalue weighted by Gasteiger charge is -2.32. The van der Waals surface area contributed by atoms with Crippen LogP contribution in [0.5, 0.6) is 0 Å². The molecule has 0 nitrogen and oxygen atoms in total. The van der Waals surface area contributed by atoms with Gasteiger partial charge in [-0.05, 0) is 44.5 Å². The molecule has 2 aromatic carbocycles. The number of rotatable bonds is 5. The summed E-state index contributed by atoms with van der Waals surface area (Å²) < 4.78 is 0. The Kier molecular flexibility index (Phi) is 4.05. The minimum absolute atomic E-state index is 0.401. The van der Waals surface area contributed by atoms with E-state index in [1.54, 1.807) is 0 Å². The predicted molar refractivity (Wildman–Crippen MR) is 117 cm³/mol. The molecule has 27 heavy (non-hydrogen) atoms. The maximum atomic E-state index is 4.18. The summed E-state index contributed by atoms with van der Waals surface area (Å²) in [6.45, 7) is 16.2. The van der Waals surface area contributed by atoms with E-state index >= 15 is 0 Å². The quantitative estimate of drug-likeness (QED) is 0.519. The van der Waals surface area contributed by atoms with E-state index in [0.29, 0.717) is 0 Å². The van der Waals surface area contributed by atoms with Crippen LogP contribution in [0.25, 0.3) is 11.1 Å². The highest BCUT2D eigenvalue weighted by molar-refractivity contribution is 5.90. The second-order valence-electron chi connectivity index (χ2n) is 6.70. The van der Waals surface area contributed by atoms with Crippen LogP contribution in [-0.4, -0.2) is 0 Å². The molecule has 0 aliphatic heterocycles. The SMILES string of the molecule is C=C/C=C\C1=C(C=C)C(C=C)=C(C=C)C12c1ccccc1-c1ccccc12. The van der Waals surface area contributed by atoms with Gasteiger partial charge in [0, 0.05) is 0 Å². The van der Waals surface area contributed by atoms with Crippen LogP contribution >= 0.6 is 0 Å². The first-order valence-electron chi connectivity index (χ1n) is 9.11. The van der Waals surface area contributed by atoms with Gasteiger partial charge in [0.05, 0.1) is 5.41 Å². The number of allylic oxidation sites excluding steroid dienone is 10. The average molecular weight is 346 g/mol. The van der Waals surface area contributed by atoms with Gasteiger partial charge < -0.3 is 0 Å².